The number of nitro benzene ring substituents is 1. The second kappa shape index (κ2) is 7.67. The summed E-state index contributed by atoms with van der Waals surface area (Å²) in [6.07, 6.45) is 4.83. The minimum Gasteiger partial charge on any atom is -0.366 e. The molecule has 0 atom stereocenters. The smallest absolute Gasteiger partial charge is 0.293 e. The summed E-state index contributed by atoms with van der Waals surface area (Å²) in [6.45, 7) is 5.27. The molecule has 27 heavy (non-hydrogen) atoms. The molecule has 0 unspecified atom stereocenters. The molecule has 9 heteroatoms. The number of benzene rings is 1. The van der Waals surface area contributed by atoms with Crippen LogP contribution in [-0.2, 0) is 9.59 Å². The fourth-order valence-electron chi connectivity index (χ4n) is 3.16. The van der Waals surface area contributed by atoms with Gasteiger partial charge in [-0.25, -0.2) is 0 Å². The number of hydrogen-bond acceptors (Lipinski definition) is 6. The average molecular weight is 386 g/mol. The quantitative estimate of drug-likeness (QED) is 0.208. The van der Waals surface area contributed by atoms with E-state index in [0.717, 1.165) is 25.9 Å². The Labute approximate surface area is 161 Å². The molecular formula is C18H18N4O4S. The zero-order valence-electron chi connectivity index (χ0n) is 14.5. The number of carbonyl (C=O) groups is 2. The van der Waals surface area contributed by atoms with Gasteiger partial charge in [-0.1, -0.05) is 12.1 Å². The Morgan fingerprint density at radius 1 is 1.30 bits per heavy atom. The SMILES string of the molecule is C=CCN1C(=O)C(=Cc2ccc(N3CCCC3)c([N+](=O)[O-])c2)C(=O)NC1=S. The number of nitrogens with zero attached hydrogens (tertiary/aromatic N) is 3. The van der Waals surface area contributed by atoms with Crippen molar-refractivity contribution < 1.29 is 14.5 Å². The van der Waals surface area contributed by atoms with Crippen LogP contribution in [0, 0.1) is 10.1 Å². The van der Waals surface area contributed by atoms with Crippen molar-refractivity contribution in [3.63, 3.8) is 0 Å². The second-order valence-corrected chi connectivity index (χ2v) is 6.61. The first kappa shape index (κ1) is 18.7. The highest BCUT2D eigenvalue weighted by Gasteiger charge is 2.33. The first-order valence-corrected chi connectivity index (χ1v) is 8.86. The summed E-state index contributed by atoms with van der Waals surface area (Å²) in [7, 11) is 0. The summed E-state index contributed by atoms with van der Waals surface area (Å²) in [5.41, 5.74) is 0.769. The molecule has 2 aliphatic heterocycles. The molecule has 140 valence electrons. The summed E-state index contributed by atoms with van der Waals surface area (Å²) in [6, 6.07) is 4.71. The fraction of sp³-hybridized carbons (Fsp3) is 0.278. The van der Waals surface area contributed by atoms with E-state index in [1.165, 1.54) is 23.1 Å². The zero-order valence-corrected chi connectivity index (χ0v) is 15.3. The van der Waals surface area contributed by atoms with Crippen molar-refractivity contribution in [2.24, 2.45) is 0 Å². The van der Waals surface area contributed by atoms with Gasteiger partial charge < -0.3 is 4.90 Å². The highest BCUT2D eigenvalue weighted by molar-refractivity contribution is 7.80. The van der Waals surface area contributed by atoms with Gasteiger partial charge in [0.15, 0.2) is 5.11 Å². The average Bonchev–Trinajstić information content (AvgIpc) is 3.16. The summed E-state index contributed by atoms with van der Waals surface area (Å²) < 4.78 is 0. The van der Waals surface area contributed by atoms with Gasteiger partial charge in [-0.15, -0.1) is 6.58 Å². The Bertz CT molecular complexity index is 874. The molecule has 1 aromatic carbocycles. The van der Waals surface area contributed by atoms with Crippen molar-refractivity contribution in [1.29, 1.82) is 0 Å². The lowest BCUT2D eigenvalue weighted by molar-refractivity contribution is -0.384. The monoisotopic (exact) mass is 386 g/mol. The van der Waals surface area contributed by atoms with Crippen LogP contribution >= 0.6 is 12.2 Å². The number of nitrogens with one attached hydrogen (secondary N) is 1. The van der Waals surface area contributed by atoms with Crippen LogP contribution in [-0.4, -0.2) is 46.4 Å². The van der Waals surface area contributed by atoms with Crippen molar-refractivity contribution in [1.82, 2.24) is 10.2 Å². The number of hydrogen-bond donors (Lipinski definition) is 1. The predicted molar refractivity (Wildman–Crippen MR) is 105 cm³/mol. The van der Waals surface area contributed by atoms with Gasteiger partial charge in [0.1, 0.15) is 11.3 Å². The molecular weight excluding hydrogens is 368 g/mol. The molecule has 2 saturated heterocycles. The summed E-state index contributed by atoms with van der Waals surface area (Å²) >= 11 is 5.00. The molecule has 2 aliphatic rings. The van der Waals surface area contributed by atoms with Crippen LogP contribution in [0.5, 0.6) is 0 Å². The highest BCUT2D eigenvalue weighted by atomic mass is 32.1. The zero-order chi connectivity index (χ0) is 19.6. The van der Waals surface area contributed by atoms with E-state index in [1.807, 2.05) is 4.90 Å². The van der Waals surface area contributed by atoms with E-state index in [9.17, 15) is 19.7 Å². The van der Waals surface area contributed by atoms with Crippen LogP contribution in [0.1, 0.15) is 18.4 Å². The third kappa shape index (κ3) is 3.72. The van der Waals surface area contributed by atoms with Gasteiger partial charge in [0.05, 0.1) is 4.92 Å². The molecule has 0 aromatic heterocycles. The second-order valence-electron chi connectivity index (χ2n) is 6.22. The van der Waals surface area contributed by atoms with Gasteiger partial charge in [-0.3, -0.25) is 29.9 Å². The van der Waals surface area contributed by atoms with Crippen LogP contribution in [0.4, 0.5) is 11.4 Å². The number of nitro groups is 1. The van der Waals surface area contributed by atoms with Crippen LogP contribution in [0.25, 0.3) is 6.08 Å². The van der Waals surface area contributed by atoms with E-state index in [4.69, 9.17) is 12.2 Å². The van der Waals surface area contributed by atoms with E-state index in [0.29, 0.717) is 11.3 Å². The topological polar surface area (TPSA) is 95.8 Å². The number of amides is 2. The lowest BCUT2D eigenvalue weighted by Gasteiger charge is -2.27. The summed E-state index contributed by atoms with van der Waals surface area (Å²) in [5, 5.41) is 14.0. The largest absolute Gasteiger partial charge is 0.366 e. The molecule has 0 saturated carbocycles. The lowest BCUT2D eigenvalue weighted by atomic mass is 10.1. The van der Waals surface area contributed by atoms with Crippen LogP contribution < -0.4 is 10.2 Å². The van der Waals surface area contributed by atoms with Crippen molar-refractivity contribution in [2.45, 2.75) is 12.8 Å². The van der Waals surface area contributed by atoms with Crippen LogP contribution in [0.3, 0.4) is 0 Å². The van der Waals surface area contributed by atoms with Gasteiger partial charge in [0.25, 0.3) is 17.5 Å². The van der Waals surface area contributed by atoms with Crippen molar-refractivity contribution in [3.8, 4) is 0 Å². The molecule has 0 aliphatic carbocycles. The lowest BCUT2D eigenvalue weighted by Crippen LogP contribution is -2.53. The Morgan fingerprint density at radius 3 is 2.63 bits per heavy atom. The molecule has 0 radical (unpaired) electrons. The minimum absolute atomic E-state index is 0.0115. The molecule has 1 aromatic rings. The molecule has 8 nitrogen and oxygen atoms in total. The van der Waals surface area contributed by atoms with E-state index in [2.05, 4.69) is 11.9 Å². The molecule has 2 heterocycles. The predicted octanol–water partition coefficient (Wildman–Crippen LogP) is 2.01. The maximum atomic E-state index is 12.6. The maximum Gasteiger partial charge on any atom is 0.293 e. The highest BCUT2D eigenvalue weighted by Crippen LogP contribution is 2.32. The van der Waals surface area contributed by atoms with E-state index in [-0.39, 0.29) is 22.9 Å². The maximum absolute atomic E-state index is 12.6. The van der Waals surface area contributed by atoms with Crippen LogP contribution in [0.15, 0.2) is 36.4 Å². The molecule has 1 N–H and O–H groups in total. The van der Waals surface area contributed by atoms with Gasteiger partial charge >= 0.3 is 0 Å². The number of thiocarbonyl (C=S) groups is 1. The Kier molecular flexibility index (Phi) is 5.31. The number of anilines is 1. The van der Waals surface area contributed by atoms with Gasteiger partial charge in [0, 0.05) is 25.7 Å². The minimum atomic E-state index is -0.628. The van der Waals surface area contributed by atoms with Gasteiger partial charge in [0.2, 0.25) is 0 Å². The van der Waals surface area contributed by atoms with E-state index >= 15 is 0 Å². The third-order valence-electron chi connectivity index (χ3n) is 4.45. The number of rotatable bonds is 5. The first-order chi connectivity index (χ1) is 12.9. The molecule has 3 rings (SSSR count). The van der Waals surface area contributed by atoms with Crippen molar-refractivity contribution >= 4 is 46.6 Å². The van der Waals surface area contributed by atoms with Gasteiger partial charge in [-0.2, -0.15) is 0 Å². The molecule has 0 spiro atoms. The summed E-state index contributed by atoms with van der Waals surface area (Å²) in [4.78, 5) is 39.0. The molecule has 2 fully saturated rings. The van der Waals surface area contributed by atoms with Crippen molar-refractivity contribution in [2.75, 3.05) is 24.5 Å². The van der Waals surface area contributed by atoms with Crippen LogP contribution in [0.2, 0.25) is 0 Å². The van der Waals surface area contributed by atoms with Gasteiger partial charge in [-0.05, 0) is 42.8 Å². The summed E-state index contributed by atoms with van der Waals surface area (Å²) in [5.74, 6) is -1.19. The molecule has 2 amide bonds. The normalized spacial score (nSPS) is 18.8. The Balaban J connectivity index is 1.97. The van der Waals surface area contributed by atoms with E-state index in [1.54, 1.807) is 12.1 Å². The van der Waals surface area contributed by atoms with E-state index < -0.39 is 16.7 Å². The first-order valence-electron chi connectivity index (χ1n) is 8.45. The van der Waals surface area contributed by atoms with Crippen molar-refractivity contribution in [3.05, 3.63) is 52.1 Å². The fourth-order valence-corrected chi connectivity index (χ4v) is 3.41. The Morgan fingerprint density at radius 2 is 2.00 bits per heavy atom. The third-order valence-corrected chi connectivity index (χ3v) is 4.77. The molecule has 0 bridgehead atoms. The standard InChI is InChI=1S/C18H18N4O4S/c1-2-7-21-17(24)13(16(23)19-18(21)27)10-12-5-6-14(15(11-12)22(25)26)20-8-3-4-9-20/h2,5-6,10-11H,1,3-4,7-9H2,(H,19,23,27). The Hall–Kier alpha value is -3.07. The number of carbonyl (C=O) groups excluding carboxylic acids is 2.